The number of nitrogens with one attached hydrogen (secondary N) is 1. The third kappa shape index (κ3) is 4.72. The normalized spacial score (nSPS) is 18.7. The second kappa shape index (κ2) is 6.81. The van der Waals surface area contributed by atoms with Crippen LogP contribution in [0.2, 0.25) is 0 Å². The van der Waals surface area contributed by atoms with E-state index in [0.717, 1.165) is 0 Å². The van der Waals surface area contributed by atoms with Gasteiger partial charge >= 0.3 is 0 Å². The van der Waals surface area contributed by atoms with Crippen LogP contribution in [0.5, 0.6) is 0 Å². The van der Waals surface area contributed by atoms with Crippen molar-refractivity contribution in [2.45, 2.75) is 31.4 Å². The summed E-state index contributed by atoms with van der Waals surface area (Å²) in [6, 6.07) is 7.55. The standard InChI is InChI=1S/C14H19F2NO3S/c1-20-12(10-5-3-2-4-6-10)9-21(18,19)17-13(14(15)16)11-7-8-11/h2-6,11-14,17H,7-9H2,1H3. The Hall–Kier alpha value is -1.05. The molecule has 0 radical (unpaired) electrons. The Morgan fingerprint density at radius 2 is 1.90 bits per heavy atom. The van der Waals surface area contributed by atoms with E-state index < -0.39 is 28.6 Å². The van der Waals surface area contributed by atoms with Gasteiger partial charge in [-0.25, -0.2) is 21.9 Å². The third-order valence-corrected chi connectivity index (χ3v) is 4.92. The molecule has 0 bridgehead atoms. The molecule has 2 unspecified atom stereocenters. The quantitative estimate of drug-likeness (QED) is 0.800. The molecule has 1 aliphatic rings. The van der Waals surface area contributed by atoms with Gasteiger partial charge in [-0.1, -0.05) is 30.3 Å². The van der Waals surface area contributed by atoms with E-state index in [1.165, 1.54) is 7.11 Å². The van der Waals surface area contributed by atoms with Gasteiger partial charge in [0.2, 0.25) is 10.0 Å². The summed E-state index contributed by atoms with van der Waals surface area (Å²) in [5, 5.41) is 0. The average molecular weight is 319 g/mol. The highest BCUT2D eigenvalue weighted by atomic mass is 32.2. The van der Waals surface area contributed by atoms with E-state index in [-0.39, 0.29) is 11.7 Å². The summed E-state index contributed by atoms with van der Waals surface area (Å²) in [6.45, 7) is 0. The maximum atomic E-state index is 12.9. The highest BCUT2D eigenvalue weighted by Crippen LogP contribution is 2.35. The lowest BCUT2D eigenvalue weighted by molar-refractivity contribution is 0.0975. The minimum Gasteiger partial charge on any atom is -0.376 e. The van der Waals surface area contributed by atoms with Crippen molar-refractivity contribution < 1.29 is 21.9 Å². The average Bonchev–Trinajstić information content (AvgIpc) is 3.27. The minimum absolute atomic E-state index is 0.252. The van der Waals surface area contributed by atoms with E-state index in [1.54, 1.807) is 24.3 Å². The zero-order chi connectivity index (χ0) is 15.5. The van der Waals surface area contributed by atoms with Crippen LogP contribution >= 0.6 is 0 Å². The van der Waals surface area contributed by atoms with Gasteiger partial charge in [0.25, 0.3) is 6.43 Å². The maximum Gasteiger partial charge on any atom is 0.254 e. The second-order valence-electron chi connectivity index (χ2n) is 5.23. The molecule has 4 nitrogen and oxygen atoms in total. The van der Waals surface area contributed by atoms with E-state index in [4.69, 9.17) is 4.74 Å². The van der Waals surface area contributed by atoms with Gasteiger partial charge in [0.15, 0.2) is 0 Å². The lowest BCUT2D eigenvalue weighted by Crippen LogP contribution is -2.43. The van der Waals surface area contributed by atoms with Gasteiger partial charge in [0, 0.05) is 7.11 Å². The number of hydrogen-bond acceptors (Lipinski definition) is 3. The summed E-state index contributed by atoms with van der Waals surface area (Å²) in [5.41, 5.74) is 0.699. The summed E-state index contributed by atoms with van der Waals surface area (Å²) >= 11 is 0. The number of alkyl halides is 2. The summed E-state index contributed by atoms with van der Waals surface area (Å²) in [7, 11) is -2.44. The minimum atomic E-state index is -3.85. The van der Waals surface area contributed by atoms with Crippen molar-refractivity contribution in [1.82, 2.24) is 4.72 Å². The number of ether oxygens (including phenoxy) is 1. The van der Waals surface area contributed by atoms with Gasteiger partial charge in [0.05, 0.1) is 17.9 Å². The predicted molar refractivity (Wildman–Crippen MR) is 75.6 cm³/mol. The van der Waals surface area contributed by atoms with E-state index in [2.05, 4.69) is 4.72 Å². The Kier molecular flexibility index (Phi) is 5.29. The van der Waals surface area contributed by atoms with Crippen LogP contribution in [0.4, 0.5) is 8.78 Å². The van der Waals surface area contributed by atoms with Crippen molar-refractivity contribution in [2.24, 2.45) is 5.92 Å². The number of halogens is 2. The molecule has 1 aromatic rings. The summed E-state index contributed by atoms with van der Waals surface area (Å²) in [4.78, 5) is 0. The molecule has 0 aromatic heterocycles. The van der Waals surface area contributed by atoms with Crippen molar-refractivity contribution in [2.75, 3.05) is 12.9 Å². The van der Waals surface area contributed by atoms with Gasteiger partial charge in [-0.3, -0.25) is 0 Å². The van der Waals surface area contributed by atoms with Crippen molar-refractivity contribution >= 4 is 10.0 Å². The first kappa shape index (κ1) is 16.3. The van der Waals surface area contributed by atoms with Gasteiger partial charge in [0.1, 0.15) is 0 Å². The Bertz CT molecular complexity index is 545. The highest BCUT2D eigenvalue weighted by molar-refractivity contribution is 7.89. The molecular weight excluding hydrogens is 300 g/mol. The molecule has 2 rings (SSSR count). The molecule has 2 atom stereocenters. The van der Waals surface area contributed by atoms with E-state index in [0.29, 0.717) is 18.4 Å². The molecule has 1 aliphatic carbocycles. The lowest BCUT2D eigenvalue weighted by atomic mass is 10.1. The van der Waals surface area contributed by atoms with Crippen molar-refractivity contribution in [3.05, 3.63) is 35.9 Å². The topological polar surface area (TPSA) is 55.4 Å². The molecule has 1 N–H and O–H groups in total. The number of methoxy groups -OCH3 is 1. The molecule has 1 aromatic carbocycles. The van der Waals surface area contributed by atoms with Crippen molar-refractivity contribution in [3.63, 3.8) is 0 Å². The number of hydrogen-bond donors (Lipinski definition) is 1. The van der Waals surface area contributed by atoms with Gasteiger partial charge in [-0.2, -0.15) is 0 Å². The summed E-state index contributed by atoms with van der Waals surface area (Å²) in [6.07, 6.45) is -2.08. The van der Waals surface area contributed by atoms with Crippen LogP contribution in [0.15, 0.2) is 30.3 Å². The Morgan fingerprint density at radius 3 is 2.38 bits per heavy atom. The SMILES string of the molecule is COC(CS(=O)(=O)NC(C(F)F)C1CC1)c1ccccc1. The zero-order valence-corrected chi connectivity index (χ0v) is 12.5. The molecule has 7 heteroatoms. The smallest absolute Gasteiger partial charge is 0.254 e. The number of benzene rings is 1. The van der Waals surface area contributed by atoms with Gasteiger partial charge in [-0.15, -0.1) is 0 Å². The molecule has 118 valence electrons. The molecular formula is C14H19F2NO3S. The fraction of sp³-hybridized carbons (Fsp3) is 0.571. The molecule has 0 saturated heterocycles. The first-order valence-corrected chi connectivity index (χ1v) is 8.44. The monoisotopic (exact) mass is 319 g/mol. The van der Waals surface area contributed by atoms with Crippen molar-refractivity contribution in [3.8, 4) is 0 Å². The number of rotatable bonds is 8. The van der Waals surface area contributed by atoms with Crippen LogP contribution in [-0.2, 0) is 14.8 Å². The fourth-order valence-corrected chi connectivity index (χ4v) is 3.76. The molecule has 0 heterocycles. The van der Waals surface area contributed by atoms with E-state index in [9.17, 15) is 17.2 Å². The molecule has 1 saturated carbocycles. The van der Waals surface area contributed by atoms with Crippen LogP contribution in [0.25, 0.3) is 0 Å². The van der Waals surface area contributed by atoms with Gasteiger partial charge < -0.3 is 4.74 Å². The second-order valence-corrected chi connectivity index (χ2v) is 7.03. The number of sulfonamides is 1. The van der Waals surface area contributed by atoms with Crippen LogP contribution < -0.4 is 4.72 Å². The fourth-order valence-electron chi connectivity index (χ4n) is 2.23. The molecule has 0 aliphatic heterocycles. The predicted octanol–water partition coefficient (Wildman–Crippen LogP) is 2.34. The Morgan fingerprint density at radius 1 is 1.29 bits per heavy atom. The molecule has 1 fully saturated rings. The first-order chi connectivity index (χ1) is 9.93. The van der Waals surface area contributed by atoms with Crippen molar-refractivity contribution in [1.29, 1.82) is 0 Å². The molecule has 0 spiro atoms. The zero-order valence-electron chi connectivity index (χ0n) is 11.7. The van der Waals surface area contributed by atoms with Gasteiger partial charge in [-0.05, 0) is 24.3 Å². The first-order valence-electron chi connectivity index (χ1n) is 6.79. The molecule has 21 heavy (non-hydrogen) atoms. The largest absolute Gasteiger partial charge is 0.376 e. The van der Waals surface area contributed by atoms with Crippen LogP contribution in [0.3, 0.4) is 0 Å². The Balaban J connectivity index is 2.05. The van der Waals surface area contributed by atoms with Crippen LogP contribution in [0, 0.1) is 5.92 Å². The lowest BCUT2D eigenvalue weighted by Gasteiger charge is -2.20. The summed E-state index contributed by atoms with van der Waals surface area (Å²) in [5.74, 6) is -0.624. The van der Waals surface area contributed by atoms with E-state index >= 15 is 0 Å². The third-order valence-electron chi connectivity index (χ3n) is 3.54. The van der Waals surface area contributed by atoms with Crippen LogP contribution in [0.1, 0.15) is 24.5 Å². The highest BCUT2D eigenvalue weighted by Gasteiger charge is 2.40. The maximum absolute atomic E-state index is 12.9. The van der Waals surface area contributed by atoms with E-state index in [1.807, 2.05) is 6.07 Å². The van der Waals surface area contributed by atoms with Crippen LogP contribution in [-0.4, -0.2) is 33.7 Å². The summed E-state index contributed by atoms with van der Waals surface area (Å²) < 4.78 is 57.3. The Labute approximate surface area is 123 Å². The molecule has 0 amide bonds.